The van der Waals surface area contributed by atoms with Gasteiger partial charge in [-0.15, -0.1) is 5.10 Å². The molecule has 0 amide bonds. The lowest BCUT2D eigenvalue weighted by molar-refractivity contribution is -0.130. The van der Waals surface area contributed by atoms with Crippen molar-refractivity contribution in [1.82, 2.24) is 15.2 Å². The first-order chi connectivity index (χ1) is 16.2. The van der Waals surface area contributed by atoms with Crippen molar-refractivity contribution in [2.45, 2.75) is 44.3 Å². The molecular formula is C24H26F3N5O2. The Labute approximate surface area is 195 Å². The van der Waals surface area contributed by atoms with E-state index in [1.807, 2.05) is 19.2 Å². The quantitative estimate of drug-likeness (QED) is 0.558. The average Bonchev–Trinajstić information content (AvgIpc) is 3.27. The summed E-state index contributed by atoms with van der Waals surface area (Å²) >= 11 is 0. The average molecular weight is 473 g/mol. The summed E-state index contributed by atoms with van der Waals surface area (Å²) in [5.74, 6) is -4.35. The number of aliphatic hydroxyl groups is 1. The van der Waals surface area contributed by atoms with E-state index in [0.29, 0.717) is 22.4 Å². The Morgan fingerprint density at radius 3 is 2.76 bits per heavy atom. The van der Waals surface area contributed by atoms with Gasteiger partial charge in [-0.25, -0.2) is 4.39 Å². The summed E-state index contributed by atoms with van der Waals surface area (Å²) in [6.45, 7) is 4.45. The minimum atomic E-state index is -3.67. The smallest absolute Gasteiger partial charge is 0.298 e. The fourth-order valence-electron chi connectivity index (χ4n) is 4.74. The number of alkyl halides is 2. The van der Waals surface area contributed by atoms with Crippen LogP contribution in [0.4, 0.5) is 24.7 Å². The number of aromatic nitrogens is 3. The fourth-order valence-corrected chi connectivity index (χ4v) is 4.74. The zero-order valence-corrected chi connectivity index (χ0v) is 19.0. The van der Waals surface area contributed by atoms with Crippen LogP contribution in [-0.4, -0.2) is 52.2 Å². The first-order valence-electron chi connectivity index (χ1n) is 11.3. The maximum absolute atomic E-state index is 15.0. The van der Waals surface area contributed by atoms with E-state index in [-0.39, 0.29) is 11.2 Å². The van der Waals surface area contributed by atoms with E-state index in [9.17, 15) is 13.2 Å². The maximum atomic E-state index is 15.0. The molecule has 2 fully saturated rings. The molecule has 7 nitrogen and oxygen atoms in total. The monoisotopic (exact) mass is 473 g/mol. The highest BCUT2D eigenvalue weighted by molar-refractivity contribution is 5.92. The maximum Gasteiger partial charge on any atom is 0.298 e. The van der Waals surface area contributed by atoms with Crippen molar-refractivity contribution in [2.24, 2.45) is 0 Å². The molecule has 2 aliphatic rings. The number of ether oxygens (including phenoxy) is 1. The van der Waals surface area contributed by atoms with Gasteiger partial charge in [-0.3, -0.25) is 4.98 Å². The molecule has 1 aromatic carbocycles. The highest BCUT2D eigenvalue weighted by Crippen LogP contribution is 2.39. The van der Waals surface area contributed by atoms with E-state index >= 15 is 0 Å². The van der Waals surface area contributed by atoms with Crippen LogP contribution in [0.3, 0.4) is 0 Å². The Balaban J connectivity index is 1.47. The number of rotatable bonds is 6. The summed E-state index contributed by atoms with van der Waals surface area (Å²) in [5, 5.41) is 21.2. The van der Waals surface area contributed by atoms with Crippen LogP contribution in [-0.2, 0) is 10.7 Å². The molecule has 10 heteroatoms. The second-order valence-corrected chi connectivity index (χ2v) is 9.11. The predicted molar refractivity (Wildman–Crippen MR) is 122 cm³/mol. The number of anilines is 2. The molecule has 3 aromatic rings. The zero-order valence-electron chi connectivity index (χ0n) is 19.0. The third kappa shape index (κ3) is 3.84. The molecule has 1 unspecified atom stereocenters. The lowest BCUT2D eigenvalue weighted by Crippen LogP contribution is -2.45. The lowest BCUT2D eigenvalue weighted by atomic mass is 9.94. The van der Waals surface area contributed by atoms with E-state index in [4.69, 9.17) is 9.84 Å². The highest BCUT2D eigenvalue weighted by Gasteiger charge is 2.44. The SMILES string of the molecule is Cc1nnc(N[C@H](C)c2cccc(C(F)(F)CO)c2F)c2cc(N3CCC4(CCO4)C3)cnc12. The second-order valence-electron chi connectivity index (χ2n) is 9.11. The number of halogens is 3. The molecule has 2 aliphatic heterocycles. The van der Waals surface area contributed by atoms with Crippen LogP contribution in [0, 0.1) is 12.7 Å². The van der Waals surface area contributed by atoms with Gasteiger partial charge in [-0.05, 0) is 32.4 Å². The van der Waals surface area contributed by atoms with Crippen molar-refractivity contribution in [2.75, 3.05) is 36.5 Å². The summed E-state index contributed by atoms with van der Waals surface area (Å²) in [5.41, 5.74) is 1.37. The molecular weight excluding hydrogens is 447 g/mol. The third-order valence-electron chi connectivity index (χ3n) is 6.86. The van der Waals surface area contributed by atoms with E-state index < -0.39 is 30.0 Å². The van der Waals surface area contributed by atoms with Gasteiger partial charge in [-0.2, -0.15) is 13.9 Å². The molecule has 2 atom stereocenters. The lowest BCUT2D eigenvalue weighted by Gasteiger charge is -2.38. The zero-order chi connectivity index (χ0) is 24.1. The van der Waals surface area contributed by atoms with E-state index in [1.165, 1.54) is 12.1 Å². The van der Waals surface area contributed by atoms with Crippen LogP contribution in [0.2, 0.25) is 0 Å². The number of pyridine rings is 1. The standard InChI is InChI=1S/C24H26F3N5O2/c1-14(17-4-3-5-19(20(17)25)24(26,27)13-33)29-22-18-10-16(11-28-21(18)15(2)30-31-22)32-8-6-23(12-32)7-9-34-23/h3-5,10-11,14,33H,6-9,12-13H2,1-2H3,(H,29,31)/t14-,23?/m1/s1. The van der Waals surface area contributed by atoms with Crippen LogP contribution >= 0.6 is 0 Å². The number of nitrogens with one attached hydrogen (secondary N) is 1. The van der Waals surface area contributed by atoms with E-state index in [0.717, 1.165) is 44.3 Å². The highest BCUT2D eigenvalue weighted by atomic mass is 19.3. The van der Waals surface area contributed by atoms with Gasteiger partial charge in [0.1, 0.15) is 12.4 Å². The van der Waals surface area contributed by atoms with Gasteiger partial charge in [-0.1, -0.05) is 12.1 Å². The van der Waals surface area contributed by atoms with Gasteiger partial charge in [0.25, 0.3) is 5.92 Å². The molecule has 4 heterocycles. The van der Waals surface area contributed by atoms with Gasteiger partial charge >= 0.3 is 0 Å². The van der Waals surface area contributed by atoms with Crippen molar-refractivity contribution in [3.05, 3.63) is 53.1 Å². The van der Waals surface area contributed by atoms with Crippen LogP contribution in [0.25, 0.3) is 10.9 Å². The van der Waals surface area contributed by atoms with Gasteiger partial charge < -0.3 is 20.1 Å². The normalized spacial score (nSPS) is 21.2. The summed E-state index contributed by atoms with van der Waals surface area (Å²) in [7, 11) is 0. The summed E-state index contributed by atoms with van der Waals surface area (Å²) in [6.07, 6.45) is 3.83. The molecule has 1 spiro atoms. The molecule has 34 heavy (non-hydrogen) atoms. The molecule has 2 saturated heterocycles. The van der Waals surface area contributed by atoms with Gasteiger partial charge in [0.05, 0.1) is 46.9 Å². The van der Waals surface area contributed by atoms with Crippen LogP contribution in [0.5, 0.6) is 0 Å². The number of hydrogen-bond donors (Lipinski definition) is 2. The fraction of sp³-hybridized carbons (Fsp3) is 0.458. The van der Waals surface area contributed by atoms with Crippen LogP contribution in [0.15, 0.2) is 30.5 Å². The number of fused-ring (bicyclic) bond motifs is 1. The number of nitrogens with zero attached hydrogens (tertiary/aromatic N) is 4. The minimum Gasteiger partial charge on any atom is -0.390 e. The predicted octanol–water partition coefficient (Wildman–Crippen LogP) is 4.10. The van der Waals surface area contributed by atoms with Gasteiger partial charge in [0.2, 0.25) is 0 Å². The topological polar surface area (TPSA) is 83.4 Å². The largest absolute Gasteiger partial charge is 0.390 e. The molecule has 2 aromatic heterocycles. The Kier molecular flexibility index (Phi) is 5.60. The molecule has 0 saturated carbocycles. The van der Waals surface area contributed by atoms with Gasteiger partial charge in [0, 0.05) is 30.5 Å². The van der Waals surface area contributed by atoms with Crippen molar-refractivity contribution in [3.63, 3.8) is 0 Å². The first-order valence-corrected chi connectivity index (χ1v) is 11.3. The van der Waals surface area contributed by atoms with E-state index in [1.54, 1.807) is 6.92 Å². The molecule has 0 radical (unpaired) electrons. The van der Waals surface area contributed by atoms with Crippen molar-refractivity contribution >= 4 is 22.4 Å². The number of aryl methyl sites for hydroxylation is 1. The third-order valence-corrected chi connectivity index (χ3v) is 6.86. The van der Waals surface area contributed by atoms with Crippen LogP contribution < -0.4 is 10.2 Å². The Bertz CT molecular complexity index is 1230. The van der Waals surface area contributed by atoms with Crippen LogP contribution in [0.1, 0.15) is 42.6 Å². The summed E-state index contributed by atoms with van der Waals surface area (Å²) in [6, 6.07) is 5.04. The molecule has 0 aliphatic carbocycles. The molecule has 5 rings (SSSR count). The van der Waals surface area contributed by atoms with E-state index in [2.05, 4.69) is 25.4 Å². The molecule has 2 N–H and O–H groups in total. The number of aliphatic hydroxyl groups excluding tert-OH is 1. The minimum absolute atomic E-state index is 0.0360. The van der Waals surface area contributed by atoms with Crippen molar-refractivity contribution in [3.8, 4) is 0 Å². The van der Waals surface area contributed by atoms with Crippen molar-refractivity contribution in [1.29, 1.82) is 0 Å². The Hall–Kier alpha value is -2.98. The molecule has 0 bridgehead atoms. The van der Waals surface area contributed by atoms with Gasteiger partial charge in [0.15, 0.2) is 5.82 Å². The summed E-state index contributed by atoms with van der Waals surface area (Å²) in [4.78, 5) is 6.84. The molecule has 180 valence electrons. The van der Waals surface area contributed by atoms with Crippen molar-refractivity contribution < 1.29 is 23.0 Å². The Morgan fingerprint density at radius 1 is 1.29 bits per heavy atom. The number of hydrogen-bond acceptors (Lipinski definition) is 7. The summed E-state index contributed by atoms with van der Waals surface area (Å²) < 4.78 is 48.8. The second kappa shape index (κ2) is 8.35. The Morgan fingerprint density at radius 2 is 2.09 bits per heavy atom. The number of benzene rings is 1. The first kappa shape index (κ1) is 22.8.